The van der Waals surface area contributed by atoms with Gasteiger partial charge in [0.25, 0.3) is 0 Å². The van der Waals surface area contributed by atoms with E-state index in [4.69, 9.17) is 15.0 Å². The molecule has 0 unspecified atom stereocenters. The van der Waals surface area contributed by atoms with Gasteiger partial charge < -0.3 is 0 Å². The van der Waals surface area contributed by atoms with Gasteiger partial charge in [-0.2, -0.15) is 5.26 Å². The summed E-state index contributed by atoms with van der Waals surface area (Å²) in [4.78, 5) is 15.1. The van der Waals surface area contributed by atoms with Gasteiger partial charge in [0.1, 0.15) is 0 Å². The molecule has 2 aromatic heterocycles. The molecule has 0 atom stereocenters. The summed E-state index contributed by atoms with van der Waals surface area (Å²) in [6.45, 7) is 0. The van der Waals surface area contributed by atoms with Gasteiger partial charge in [0.05, 0.1) is 45.4 Å². The fourth-order valence-electron chi connectivity index (χ4n) is 6.88. The number of nitriles is 1. The molecule has 0 spiro atoms. The standard InChI is InChI=1S/C50H32N4/c51-33-34-10-9-15-43(30-34)50-49(53-45-16-7-8-17-46(45)54-50)42-28-26-38(27-29-42)36-20-18-35(19-21-36)37-22-24-39(25-23-37)44-31-47(40-11-3-1-4-12-40)52-48(32-44)41-13-5-2-6-14-41/h1-32H. The Labute approximate surface area is 314 Å². The van der Waals surface area contributed by atoms with Crippen molar-refractivity contribution >= 4 is 11.0 Å². The van der Waals surface area contributed by atoms with E-state index < -0.39 is 0 Å². The van der Waals surface area contributed by atoms with Crippen LogP contribution < -0.4 is 0 Å². The van der Waals surface area contributed by atoms with Crippen molar-refractivity contribution in [1.29, 1.82) is 5.26 Å². The van der Waals surface area contributed by atoms with E-state index in [1.54, 1.807) is 6.07 Å². The van der Waals surface area contributed by atoms with E-state index in [0.717, 1.165) is 89.4 Å². The van der Waals surface area contributed by atoms with Gasteiger partial charge in [-0.3, -0.25) is 0 Å². The summed E-state index contributed by atoms with van der Waals surface area (Å²) in [6.07, 6.45) is 0. The molecular weight excluding hydrogens is 657 g/mol. The van der Waals surface area contributed by atoms with Crippen LogP contribution in [-0.4, -0.2) is 15.0 Å². The predicted molar refractivity (Wildman–Crippen MR) is 220 cm³/mol. The number of rotatable bonds is 7. The third-order valence-corrected chi connectivity index (χ3v) is 9.73. The van der Waals surface area contributed by atoms with Crippen LogP contribution in [0.4, 0.5) is 0 Å². The van der Waals surface area contributed by atoms with Crippen LogP contribution in [0.25, 0.3) is 89.4 Å². The third kappa shape index (κ3) is 6.54. The van der Waals surface area contributed by atoms with Crippen LogP contribution >= 0.6 is 0 Å². The van der Waals surface area contributed by atoms with Gasteiger partial charge in [0.15, 0.2) is 0 Å². The predicted octanol–water partition coefficient (Wildman–Crippen LogP) is 12.6. The molecule has 0 aliphatic heterocycles. The molecule has 4 heteroatoms. The average molecular weight is 689 g/mol. The topological polar surface area (TPSA) is 62.5 Å². The Morgan fingerprint density at radius 2 is 0.685 bits per heavy atom. The van der Waals surface area contributed by atoms with E-state index in [9.17, 15) is 5.26 Å². The van der Waals surface area contributed by atoms with Crippen LogP contribution in [0.5, 0.6) is 0 Å². The first-order chi connectivity index (χ1) is 26.7. The average Bonchev–Trinajstić information content (AvgIpc) is 3.26. The Kier molecular flexibility index (Phi) is 8.57. The highest BCUT2D eigenvalue weighted by Crippen LogP contribution is 2.35. The van der Waals surface area contributed by atoms with Crippen LogP contribution in [0.15, 0.2) is 194 Å². The summed E-state index contributed by atoms with van der Waals surface area (Å²) in [5.74, 6) is 0. The quantitative estimate of drug-likeness (QED) is 0.167. The molecule has 4 nitrogen and oxygen atoms in total. The lowest BCUT2D eigenvalue weighted by Gasteiger charge is -2.12. The van der Waals surface area contributed by atoms with Crippen LogP contribution in [0.1, 0.15) is 5.56 Å². The molecule has 0 aliphatic carbocycles. The monoisotopic (exact) mass is 688 g/mol. The summed E-state index contributed by atoms with van der Waals surface area (Å²) in [5.41, 5.74) is 16.5. The molecule has 0 saturated heterocycles. The normalized spacial score (nSPS) is 10.9. The number of benzene rings is 7. The van der Waals surface area contributed by atoms with E-state index >= 15 is 0 Å². The molecule has 0 fully saturated rings. The maximum atomic E-state index is 9.54. The lowest BCUT2D eigenvalue weighted by atomic mass is 9.96. The van der Waals surface area contributed by atoms with Gasteiger partial charge in [0.2, 0.25) is 0 Å². The van der Waals surface area contributed by atoms with Crippen molar-refractivity contribution in [1.82, 2.24) is 15.0 Å². The summed E-state index contributed by atoms with van der Waals surface area (Å²) < 4.78 is 0. The van der Waals surface area contributed by atoms with Crippen molar-refractivity contribution in [2.24, 2.45) is 0 Å². The lowest BCUT2D eigenvalue weighted by molar-refractivity contribution is 1.29. The summed E-state index contributed by atoms with van der Waals surface area (Å²) in [7, 11) is 0. The van der Waals surface area contributed by atoms with Crippen molar-refractivity contribution < 1.29 is 0 Å². The van der Waals surface area contributed by atoms with Crippen molar-refractivity contribution in [2.45, 2.75) is 0 Å². The number of hydrogen-bond acceptors (Lipinski definition) is 4. The Morgan fingerprint density at radius 3 is 1.15 bits per heavy atom. The molecule has 0 radical (unpaired) electrons. The van der Waals surface area contributed by atoms with Crippen LogP contribution in [0.3, 0.4) is 0 Å². The summed E-state index contributed by atoms with van der Waals surface area (Å²) in [5, 5.41) is 9.54. The minimum Gasteiger partial charge on any atom is -0.248 e. The molecule has 2 heterocycles. The first kappa shape index (κ1) is 32.4. The number of pyridine rings is 1. The first-order valence-electron chi connectivity index (χ1n) is 17.9. The van der Waals surface area contributed by atoms with Crippen LogP contribution in [-0.2, 0) is 0 Å². The van der Waals surface area contributed by atoms with E-state index in [2.05, 4.69) is 140 Å². The van der Waals surface area contributed by atoms with Crippen LogP contribution in [0.2, 0.25) is 0 Å². The highest BCUT2D eigenvalue weighted by atomic mass is 14.8. The van der Waals surface area contributed by atoms with Gasteiger partial charge in [-0.15, -0.1) is 0 Å². The SMILES string of the molecule is N#Cc1cccc(-c2nc3ccccc3nc2-c2ccc(-c3ccc(-c4ccc(-c5cc(-c6ccccc6)nc(-c6ccccc6)c5)cc4)cc3)cc2)c1. The fourth-order valence-corrected chi connectivity index (χ4v) is 6.88. The highest BCUT2D eigenvalue weighted by molar-refractivity contribution is 5.87. The number of nitrogens with zero attached hydrogens (tertiary/aromatic N) is 4. The number of fused-ring (bicyclic) bond motifs is 1. The molecule has 252 valence electrons. The van der Waals surface area contributed by atoms with Crippen molar-refractivity contribution in [3.63, 3.8) is 0 Å². The Hall–Kier alpha value is -7.48. The molecule has 9 aromatic rings. The number of hydrogen-bond donors (Lipinski definition) is 0. The molecule has 0 amide bonds. The smallest absolute Gasteiger partial charge is 0.0991 e. The third-order valence-electron chi connectivity index (χ3n) is 9.73. The second kappa shape index (κ2) is 14.3. The summed E-state index contributed by atoms with van der Waals surface area (Å²) in [6, 6.07) is 68.7. The number of para-hydroxylation sites is 2. The van der Waals surface area contributed by atoms with Gasteiger partial charge in [-0.05, 0) is 69.8 Å². The van der Waals surface area contributed by atoms with Crippen LogP contribution in [0, 0.1) is 11.3 Å². The minimum atomic E-state index is 0.590. The second-order valence-electron chi connectivity index (χ2n) is 13.2. The van der Waals surface area contributed by atoms with E-state index in [0.29, 0.717) is 5.56 Å². The lowest BCUT2D eigenvalue weighted by Crippen LogP contribution is -1.96. The van der Waals surface area contributed by atoms with Gasteiger partial charge in [-0.25, -0.2) is 15.0 Å². The zero-order valence-corrected chi connectivity index (χ0v) is 29.3. The molecule has 0 N–H and O–H groups in total. The van der Waals surface area contributed by atoms with E-state index in [-0.39, 0.29) is 0 Å². The molecule has 0 bridgehead atoms. The molecule has 7 aromatic carbocycles. The van der Waals surface area contributed by atoms with Gasteiger partial charge in [0, 0.05) is 22.3 Å². The first-order valence-corrected chi connectivity index (χ1v) is 17.9. The van der Waals surface area contributed by atoms with Crippen molar-refractivity contribution in [3.8, 4) is 84.5 Å². The zero-order valence-electron chi connectivity index (χ0n) is 29.3. The molecule has 0 saturated carbocycles. The van der Waals surface area contributed by atoms with E-state index in [1.165, 1.54) is 0 Å². The molecule has 54 heavy (non-hydrogen) atoms. The Morgan fingerprint density at radius 1 is 0.296 bits per heavy atom. The highest BCUT2D eigenvalue weighted by Gasteiger charge is 2.15. The molecule has 9 rings (SSSR count). The minimum absolute atomic E-state index is 0.590. The maximum Gasteiger partial charge on any atom is 0.0991 e. The second-order valence-corrected chi connectivity index (χ2v) is 13.2. The Balaban J connectivity index is 0.986. The van der Waals surface area contributed by atoms with Gasteiger partial charge >= 0.3 is 0 Å². The fraction of sp³-hybridized carbons (Fsp3) is 0. The zero-order chi connectivity index (χ0) is 36.3. The van der Waals surface area contributed by atoms with Crippen molar-refractivity contribution in [3.05, 3.63) is 200 Å². The van der Waals surface area contributed by atoms with E-state index in [1.807, 2.05) is 54.6 Å². The summed E-state index contributed by atoms with van der Waals surface area (Å²) >= 11 is 0. The number of aromatic nitrogens is 3. The largest absolute Gasteiger partial charge is 0.248 e. The molecule has 0 aliphatic rings. The van der Waals surface area contributed by atoms with Gasteiger partial charge in [-0.1, -0.05) is 158 Å². The van der Waals surface area contributed by atoms with Crippen molar-refractivity contribution in [2.75, 3.05) is 0 Å². The Bertz CT molecular complexity index is 2730. The maximum absolute atomic E-state index is 9.54. The molecular formula is C50H32N4.